The molecule has 86 valence electrons. The normalized spacial score (nSPS) is 25.8. The van der Waals surface area contributed by atoms with Gasteiger partial charge in [0.25, 0.3) is 0 Å². The molecule has 1 rings (SSSR count). The van der Waals surface area contributed by atoms with Crippen LogP contribution in [0.5, 0.6) is 0 Å². The fraction of sp³-hybridized carbons (Fsp3) is 0.889. The third kappa shape index (κ3) is 2.86. The maximum atomic E-state index is 12.0. The van der Waals surface area contributed by atoms with Gasteiger partial charge in [0.1, 0.15) is 0 Å². The van der Waals surface area contributed by atoms with E-state index in [9.17, 15) is 8.42 Å². The van der Waals surface area contributed by atoms with E-state index < -0.39 is 15.3 Å². The van der Waals surface area contributed by atoms with Crippen LogP contribution in [0, 0.1) is 11.3 Å². The van der Waals surface area contributed by atoms with Gasteiger partial charge in [0.15, 0.2) is 5.25 Å². The summed E-state index contributed by atoms with van der Waals surface area (Å²) < 4.78 is 25.4. The Morgan fingerprint density at radius 3 is 2.80 bits per heavy atom. The molecule has 1 aliphatic heterocycles. The number of hydrogen-bond acceptors (Lipinski definition) is 4. The average molecular weight is 248 g/mol. The molecule has 0 aromatic heterocycles. The highest BCUT2D eigenvalue weighted by Crippen LogP contribution is 2.22. The lowest BCUT2D eigenvalue weighted by atomic mass is 10.4. The van der Waals surface area contributed by atoms with Gasteiger partial charge in [-0.3, -0.25) is 0 Å². The van der Waals surface area contributed by atoms with Gasteiger partial charge < -0.3 is 0 Å². The molecule has 0 aromatic rings. The van der Waals surface area contributed by atoms with Gasteiger partial charge in [-0.05, 0) is 6.42 Å². The molecule has 2 unspecified atom stereocenters. The van der Waals surface area contributed by atoms with E-state index in [2.05, 4.69) is 0 Å². The summed E-state index contributed by atoms with van der Waals surface area (Å²) in [7, 11) is -3.40. The van der Waals surface area contributed by atoms with Gasteiger partial charge in [-0.25, -0.2) is 8.42 Å². The largest absolute Gasteiger partial charge is 0.230 e. The van der Waals surface area contributed by atoms with E-state index in [0.717, 1.165) is 5.75 Å². The SMILES string of the molecule is CCC(C#N)S(=O)(=O)N1CCSC(C)C1. The number of hydrogen-bond donors (Lipinski definition) is 0. The van der Waals surface area contributed by atoms with Crippen LogP contribution in [0.4, 0.5) is 0 Å². The maximum Gasteiger partial charge on any atom is 0.230 e. The number of nitrogens with zero attached hydrogens (tertiary/aromatic N) is 2. The lowest BCUT2D eigenvalue weighted by molar-refractivity contribution is 0.419. The number of sulfonamides is 1. The van der Waals surface area contributed by atoms with Crippen molar-refractivity contribution < 1.29 is 8.42 Å². The van der Waals surface area contributed by atoms with Crippen LogP contribution in [0.15, 0.2) is 0 Å². The Labute approximate surface area is 95.7 Å². The Kier molecular flexibility index (Phi) is 4.44. The molecule has 1 fully saturated rings. The molecular weight excluding hydrogens is 232 g/mol. The highest BCUT2D eigenvalue weighted by molar-refractivity contribution is 8.00. The molecule has 0 N–H and O–H groups in total. The zero-order valence-electron chi connectivity index (χ0n) is 9.01. The molecule has 0 radical (unpaired) electrons. The van der Waals surface area contributed by atoms with Crippen molar-refractivity contribution in [2.24, 2.45) is 0 Å². The fourth-order valence-electron chi connectivity index (χ4n) is 1.57. The molecule has 1 heterocycles. The van der Waals surface area contributed by atoms with E-state index in [1.54, 1.807) is 18.7 Å². The van der Waals surface area contributed by atoms with Crippen molar-refractivity contribution in [1.82, 2.24) is 4.31 Å². The summed E-state index contributed by atoms with van der Waals surface area (Å²) >= 11 is 1.78. The van der Waals surface area contributed by atoms with Crippen LogP contribution in [0.25, 0.3) is 0 Å². The topological polar surface area (TPSA) is 61.2 Å². The van der Waals surface area contributed by atoms with E-state index >= 15 is 0 Å². The van der Waals surface area contributed by atoms with Crippen molar-refractivity contribution in [2.75, 3.05) is 18.8 Å². The molecule has 0 saturated carbocycles. The first kappa shape index (κ1) is 12.8. The van der Waals surface area contributed by atoms with Crippen LogP contribution in [0.3, 0.4) is 0 Å². The summed E-state index contributed by atoms with van der Waals surface area (Å²) in [5.41, 5.74) is 0. The summed E-state index contributed by atoms with van der Waals surface area (Å²) in [5.74, 6) is 0.822. The van der Waals surface area contributed by atoms with Crippen LogP contribution in [0.1, 0.15) is 20.3 Å². The Hall–Kier alpha value is -0.250. The fourth-order valence-corrected chi connectivity index (χ4v) is 4.48. The van der Waals surface area contributed by atoms with Crippen molar-refractivity contribution in [1.29, 1.82) is 5.26 Å². The average Bonchev–Trinajstić information content (AvgIpc) is 2.19. The van der Waals surface area contributed by atoms with Crippen LogP contribution >= 0.6 is 11.8 Å². The molecule has 0 spiro atoms. The quantitative estimate of drug-likeness (QED) is 0.749. The molecule has 0 aromatic carbocycles. The maximum absolute atomic E-state index is 12.0. The van der Waals surface area contributed by atoms with E-state index in [1.165, 1.54) is 4.31 Å². The van der Waals surface area contributed by atoms with Gasteiger partial charge in [0.2, 0.25) is 10.0 Å². The van der Waals surface area contributed by atoms with E-state index in [0.29, 0.717) is 24.8 Å². The zero-order chi connectivity index (χ0) is 11.5. The standard InChI is InChI=1S/C9H16N2O2S2/c1-3-9(6-10)15(12,13)11-4-5-14-8(2)7-11/h8-9H,3-5,7H2,1-2H3. The monoisotopic (exact) mass is 248 g/mol. The Balaban J connectivity index is 2.81. The molecule has 4 nitrogen and oxygen atoms in total. The summed E-state index contributed by atoms with van der Waals surface area (Å²) in [6.45, 7) is 4.81. The van der Waals surface area contributed by atoms with Crippen molar-refractivity contribution in [3.05, 3.63) is 0 Å². The summed E-state index contributed by atoms with van der Waals surface area (Å²) in [6, 6.07) is 1.87. The molecule has 0 aliphatic carbocycles. The highest BCUT2D eigenvalue weighted by Gasteiger charge is 2.33. The first-order chi connectivity index (χ1) is 7.02. The minimum Gasteiger partial charge on any atom is -0.211 e. The molecule has 0 amide bonds. The van der Waals surface area contributed by atoms with Crippen LogP contribution in [-0.2, 0) is 10.0 Å². The van der Waals surface area contributed by atoms with Crippen LogP contribution in [0.2, 0.25) is 0 Å². The number of rotatable bonds is 3. The first-order valence-corrected chi connectivity index (χ1v) is 7.57. The van der Waals surface area contributed by atoms with Crippen molar-refractivity contribution in [3.63, 3.8) is 0 Å². The minimum atomic E-state index is -3.40. The predicted octanol–water partition coefficient (Wildman–Crippen LogP) is 1.06. The second-order valence-electron chi connectivity index (χ2n) is 3.61. The second kappa shape index (κ2) is 5.19. The highest BCUT2D eigenvalue weighted by atomic mass is 32.2. The lowest BCUT2D eigenvalue weighted by Crippen LogP contribution is -2.45. The molecule has 1 aliphatic rings. The van der Waals surface area contributed by atoms with Gasteiger partial charge in [-0.2, -0.15) is 21.3 Å². The molecule has 0 bridgehead atoms. The van der Waals surface area contributed by atoms with Gasteiger partial charge in [-0.1, -0.05) is 13.8 Å². The van der Waals surface area contributed by atoms with Crippen molar-refractivity contribution in [3.8, 4) is 6.07 Å². The minimum absolute atomic E-state index is 0.324. The molecule has 6 heteroatoms. The summed E-state index contributed by atoms with van der Waals surface area (Å²) in [4.78, 5) is 0. The third-order valence-electron chi connectivity index (χ3n) is 2.44. The van der Waals surface area contributed by atoms with Crippen molar-refractivity contribution >= 4 is 21.8 Å². The second-order valence-corrected chi connectivity index (χ2v) is 7.27. The van der Waals surface area contributed by atoms with Gasteiger partial charge >= 0.3 is 0 Å². The number of nitriles is 1. The third-order valence-corrected chi connectivity index (χ3v) is 5.78. The first-order valence-electron chi connectivity index (χ1n) is 5.02. The van der Waals surface area contributed by atoms with Crippen molar-refractivity contribution in [2.45, 2.75) is 30.8 Å². The van der Waals surface area contributed by atoms with Gasteiger partial charge in [-0.15, -0.1) is 0 Å². The van der Waals surface area contributed by atoms with Crippen LogP contribution < -0.4 is 0 Å². The smallest absolute Gasteiger partial charge is 0.211 e. The summed E-state index contributed by atoms with van der Waals surface area (Å²) in [5, 5.41) is 8.24. The molecule has 15 heavy (non-hydrogen) atoms. The summed E-state index contributed by atoms with van der Waals surface area (Å²) in [6.07, 6.45) is 0.358. The van der Waals surface area contributed by atoms with E-state index in [1.807, 2.05) is 13.0 Å². The van der Waals surface area contributed by atoms with Crippen LogP contribution in [-0.4, -0.2) is 42.1 Å². The van der Waals surface area contributed by atoms with E-state index in [-0.39, 0.29) is 0 Å². The lowest BCUT2D eigenvalue weighted by Gasteiger charge is -2.30. The van der Waals surface area contributed by atoms with Gasteiger partial charge in [0, 0.05) is 24.1 Å². The van der Waals surface area contributed by atoms with Gasteiger partial charge in [0.05, 0.1) is 6.07 Å². The Bertz CT molecular complexity index is 348. The Morgan fingerprint density at radius 1 is 1.67 bits per heavy atom. The molecular formula is C9H16N2O2S2. The number of thioether (sulfide) groups is 1. The molecule has 2 atom stereocenters. The predicted molar refractivity (Wildman–Crippen MR) is 62.1 cm³/mol. The Morgan fingerprint density at radius 2 is 2.33 bits per heavy atom. The zero-order valence-corrected chi connectivity index (χ0v) is 10.6. The van der Waals surface area contributed by atoms with E-state index in [4.69, 9.17) is 5.26 Å². The molecule has 1 saturated heterocycles.